The fraction of sp³-hybridized carbons (Fsp3) is 0.250. The number of halogens is 1. The summed E-state index contributed by atoms with van der Waals surface area (Å²) in [6.07, 6.45) is 3.14. The van der Waals surface area contributed by atoms with E-state index in [1.54, 1.807) is 37.4 Å². The summed E-state index contributed by atoms with van der Waals surface area (Å²) in [5.74, 6) is 0.203. The summed E-state index contributed by atoms with van der Waals surface area (Å²) in [7, 11) is 0. The Kier molecular flexibility index (Phi) is 6.07. The van der Waals surface area contributed by atoms with E-state index in [9.17, 15) is 9.59 Å². The second kappa shape index (κ2) is 9.70. The number of benzene rings is 2. The summed E-state index contributed by atoms with van der Waals surface area (Å²) in [5, 5.41) is 11.0. The number of hydrogen-bond acceptors (Lipinski definition) is 7. The van der Waals surface area contributed by atoms with Crippen molar-refractivity contribution in [2.45, 2.75) is 26.3 Å². The highest BCUT2D eigenvalue weighted by Crippen LogP contribution is 2.36. The van der Waals surface area contributed by atoms with Gasteiger partial charge in [0.15, 0.2) is 17.0 Å². The highest BCUT2D eigenvalue weighted by atomic mass is 19.1. The van der Waals surface area contributed by atoms with E-state index in [0.717, 1.165) is 36.3 Å². The van der Waals surface area contributed by atoms with Crippen LogP contribution in [0.15, 0.2) is 59.1 Å². The minimum absolute atomic E-state index is 0.0162. The number of aromatic amines is 1. The first-order chi connectivity index (χ1) is 18.5. The number of fused-ring (bicyclic) bond motifs is 2. The van der Waals surface area contributed by atoms with Gasteiger partial charge in [0.1, 0.15) is 17.1 Å². The zero-order valence-electron chi connectivity index (χ0n) is 20.7. The molecule has 38 heavy (non-hydrogen) atoms. The minimum atomic E-state index is -0.516. The Morgan fingerprint density at radius 2 is 2.08 bits per heavy atom. The number of pyridine rings is 1. The van der Waals surface area contributed by atoms with Crippen molar-refractivity contribution < 1.29 is 18.4 Å². The van der Waals surface area contributed by atoms with Gasteiger partial charge in [0, 0.05) is 37.8 Å². The van der Waals surface area contributed by atoms with Gasteiger partial charge in [-0.1, -0.05) is 24.3 Å². The molecule has 9 nitrogen and oxygen atoms in total. The smallest absolute Gasteiger partial charge is 0.307 e. The number of nitrogens with one attached hydrogen (secondary N) is 2. The Bertz CT molecular complexity index is 1640. The molecule has 0 radical (unpaired) electrons. The lowest BCUT2D eigenvalue weighted by Crippen LogP contribution is -2.23. The monoisotopic (exact) mass is 512 g/mol. The standard InChI is InChI=1S/C28H25FN6O3/c1-16(36)12-17-9-11-35(15-17)26-24-20(8-10-30-25(24)33-34-26)18-6-7-19(21(29)13-18)14-31-27(37)28-32-22-4-2-3-5-23(22)38-28/h2-8,10,13,17H,9,11-12,14-15H2,1H3,(H,31,37)(H,30,33,34)/t17-/m0/s1. The number of rotatable bonds is 7. The molecule has 0 bridgehead atoms. The molecule has 192 valence electrons. The van der Waals surface area contributed by atoms with Gasteiger partial charge >= 0.3 is 5.91 Å². The zero-order valence-corrected chi connectivity index (χ0v) is 20.7. The molecular formula is C28H25FN6O3. The van der Waals surface area contributed by atoms with Crippen LogP contribution in [0.4, 0.5) is 10.2 Å². The molecule has 1 atom stereocenters. The number of anilines is 1. The predicted molar refractivity (Wildman–Crippen MR) is 140 cm³/mol. The Morgan fingerprint density at radius 3 is 2.89 bits per heavy atom. The van der Waals surface area contributed by atoms with E-state index in [2.05, 4.69) is 30.4 Å². The van der Waals surface area contributed by atoms with Crippen molar-refractivity contribution in [1.82, 2.24) is 25.5 Å². The van der Waals surface area contributed by atoms with E-state index in [1.807, 2.05) is 18.2 Å². The highest BCUT2D eigenvalue weighted by Gasteiger charge is 2.27. The largest absolute Gasteiger partial charge is 0.432 e. The van der Waals surface area contributed by atoms with Crippen LogP contribution in [0.25, 0.3) is 33.3 Å². The topological polar surface area (TPSA) is 117 Å². The van der Waals surface area contributed by atoms with Crippen LogP contribution in [0.2, 0.25) is 0 Å². The number of ketones is 1. The number of amides is 1. The molecule has 1 saturated heterocycles. The van der Waals surface area contributed by atoms with Gasteiger partial charge in [0.2, 0.25) is 0 Å². The van der Waals surface area contributed by atoms with Crippen LogP contribution in [0.3, 0.4) is 0 Å². The van der Waals surface area contributed by atoms with E-state index < -0.39 is 11.7 Å². The normalized spacial score (nSPS) is 15.4. The van der Waals surface area contributed by atoms with Crippen molar-refractivity contribution in [3.05, 3.63) is 72.0 Å². The molecule has 2 aromatic carbocycles. The summed E-state index contributed by atoms with van der Waals surface area (Å²) >= 11 is 0. The van der Waals surface area contributed by atoms with Crippen molar-refractivity contribution >= 4 is 39.6 Å². The van der Waals surface area contributed by atoms with Gasteiger partial charge in [-0.05, 0) is 54.7 Å². The van der Waals surface area contributed by atoms with Gasteiger partial charge < -0.3 is 19.4 Å². The molecule has 0 spiro atoms. The zero-order chi connectivity index (χ0) is 26.2. The van der Waals surface area contributed by atoms with Gasteiger partial charge in [0.05, 0.1) is 5.39 Å². The molecule has 5 aromatic rings. The molecule has 2 N–H and O–H groups in total. The molecule has 1 aliphatic rings. The number of aromatic nitrogens is 4. The Hall–Kier alpha value is -4.60. The van der Waals surface area contributed by atoms with Gasteiger partial charge in [-0.2, -0.15) is 5.10 Å². The molecule has 0 unspecified atom stereocenters. The van der Waals surface area contributed by atoms with E-state index in [-0.39, 0.29) is 18.2 Å². The summed E-state index contributed by atoms with van der Waals surface area (Å²) in [5.41, 5.74) is 3.52. The minimum Gasteiger partial charge on any atom is -0.432 e. The van der Waals surface area contributed by atoms with Crippen LogP contribution in [0, 0.1) is 11.7 Å². The van der Waals surface area contributed by atoms with Crippen molar-refractivity contribution in [3.63, 3.8) is 0 Å². The molecule has 4 heterocycles. The van der Waals surface area contributed by atoms with Gasteiger partial charge in [0.25, 0.3) is 5.89 Å². The Labute approximate surface area is 217 Å². The molecule has 6 rings (SSSR count). The lowest BCUT2D eigenvalue weighted by Gasteiger charge is -2.17. The highest BCUT2D eigenvalue weighted by molar-refractivity contribution is 6.01. The quantitative estimate of drug-likeness (QED) is 0.326. The summed E-state index contributed by atoms with van der Waals surface area (Å²) < 4.78 is 20.7. The third-order valence-corrected chi connectivity index (χ3v) is 6.90. The van der Waals surface area contributed by atoms with Gasteiger partial charge in [-0.25, -0.2) is 14.4 Å². The number of para-hydroxylation sites is 2. The van der Waals surface area contributed by atoms with Crippen LogP contribution < -0.4 is 10.2 Å². The molecule has 1 fully saturated rings. The first kappa shape index (κ1) is 23.8. The number of H-pyrrole nitrogens is 1. The van der Waals surface area contributed by atoms with Gasteiger partial charge in [-0.3, -0.25) is 9.89 Å². The van der Waals surface area contributed by atoms with Crippen molar-refractivity contribution in [1.29, 1.82) is 0 Å². The number of nitrogens with zero attached hydrogens (tertiary/aromatic N) is 4. The molecule has 10 heteroatoms. The molecular weight excluding hydrogens is 487 g/mol. The van der Waals surface area contributed by atoms with Crippen LogP contribution >= 0.6 is 0 Å². The Balaban J connectivity index is 1.22. The van der Waals surface area contributed by atoms with Crippen LogP contribution in [-0.2, 0) is 11.3 Å². The average molecular weight is 513 g/mol. The van der Waals surface area contributed by atoms with Crippen LogP contribution in [-0.4, -0.2) is 44.9 Å². The second-order valence-electron chi connectivity index (χ2n) is 9.61. The Morgan fingerprint density at radius 1 is 1.21 bits per heavy atom. The summed E-state index contributed by atoms with van der Waals surface area (Å²) in [6.45, 7) is 3.13. The maximum absolute atomic E-state index is 15.2. The van der Waals surface area contributed by atoms with Crippen molar-refractivity contribution in [3.8, 4) is 11.1 Å². The predicted octanol–water partition coefficient (Wildman–Crippen LogP) is 4.64. The molecule has 1 amide bonds. The number of carbonyl (C=O) groups is 2. The number of hydrogen-bond donors (Lipinski definition) is 2. The fourth-order valence-corrected chi connectivity index (χ4v) is 5.08. The first-order valence-corrected chi connectivity index (χ1v) is 12.5. The lowest BCUT2D eigenvalue weighted by molar-refractivity contribution is -0.117. The second-order valence-corrected chi connectivity index (χ2v) is 9.61. The van der Waals surface area contributed by atoms with Crippen molar-refractivity contribution in [2.24, 2.45) is 5.92 Å². The summed E-state index contributed by atoms with van der Waals surface area (Å²) in [6, 6.07) is 13.9. The number of carbonyl (C=O) groups excluding carboxylic acids is 2. The lowest BCUT2D eigenvalue weighted by atomic mass is 10.0. The molecule has 0 aliphatic carbocycles. The van der Waals surface area contributed by atoms with E-state index >= 15 is 4.39 Å². The third-order valence-electron chi connectivity index (χ3n) is 6.90. The third kappa shape index (κ3) is 4.49. The first-order valence-electron chi connectivity index (χ1n) is 12.5. The summed E-state index contributed by atoms with van der Waals surface area (Å²) in [4.78, 5) is 34.8. The van der Waals surface area contributed by atoms with Crippen molar-refractivity contribution in [2.75, 3.05) is 18.0 Å². The van der Waals surface area contributed by atoms with E-state index in [0.29, 0.717) is 40.2 Å². The number of oxazole rings is 1. The SMILES string of the molecule is CC(=O)C[C@@H]1CCN(c2n[nH]c3nccc(-c4ccc(CNC(=O)c5nc6ccccc6o5)c(F)c4)c23)C1. The molecule has 1 aliphatic heterocycles. The van der Waals surface area contributed by atoms with Gasteiger partial charge in [-0.15, -0.1) is 0 Å². The van der Waals surface area contributed by atoms with Crippen LogP contribution in [0.5, 0.6) is 0 Å². The number of Topliss-reactive ketones (excluding diaryl/α,β-unsaturated/α-hetero) is 1. The fourth-order valence-electron chi connectivity index (χ4n) is 5.08. The maximum Gasteiger partial charge on any atom is 0.307 e. The molecule has 0 saturated carbocycles. The maximum atomic E-state index is 15.2. The van der Waals surface area contributed by atoms with E-state index in [4.69, 9.17) is 4.42 Å². The average Bonchev–Trinajstić information content (AvgIpc) is 3.65. The molecule has 3 aromatic heterocycles. The van der Waals surface area contributed by atoms with E-state index in [1.165, 1.54) is 6.07 Å². The van der Waals surface area contributed by atoms with Crippen LogP contribution in [0.1, 0.15) is 36.0 Å².